The van der Waals surface area contributed by atoms with Crippen LogP contribution in [0.5, 0.6) is 0 Å². The average Bonchev–Trinajstić information content (AvgIpc) is 3.04. The first kappa shape index (κ1) is 12.5. The van der Waals surface area contributed by atoms with Gasteiger partial charge in [-0.15, -0.1) is 0 Å². The van der Waals surface area contributed by atoms with Gasteiger partial charge in [-0.05, 0) is 36.2 Å². The van der Waals surface area contributed by atoms with Crippen molar-refractivity contribution in [3.05, 3.63) is 42.2 Å². The Morgan fingerprint density at radius 1 is 1.24 bits per heavy atom. The Hall–Kier alpha value is -2.27. The van der Waals surface area contributed by atoms with E-state index in [9.17, 15) is 0 Å². The van der Waals surface area contributed by atoms with Gasteiger partial charge in [0, 0.05) is 29.6 Å². The number of hydrogen-bond donors (Lipinski definition) is 2. The molecule has 3 aromatic rings. The molecule has 2 aromatic heterocycles. The summed E-state index contributed by atoms with van der Waals surface area (Å²) in [7, 11) is 0. The molecule has 2 N–H and O–H groups in total. The summed E-state index contributed by atoms with van der Waals surface area (Å²) in [4.78, 5) is 13.0. The van der Waals surface area contributed by atoms with E-state index in [2.05, 4.69) is 34.3 Å². The lowest BCUT2D eigenvalue weighted by molar-refractivity contribution is 0.872. The van der Waals surface area contributed by atoms with Gasteiger partial charge in [0.15, 0.2) is 0 Å². The fraction of sp³-hybridized carbons (Fsp3) is 0.188. The van der Waals surface area contributed by atoms with E-state index in [1.165, 1.54) is 5.56 Å². The number of fused-ring (bicyclic) bond motifs is 2. The fourth-order valence-corrected chi connectivity index (χ4v) is 3.29. The van der Waals surface area contributed by atoms with Crippen molar-refractivity contribution >= 4 is 33.9 Å². The molecule has 1 atom stereocenters. The number of nitrogens with zero attached hydrogens (tertiary/aromatic N) is 2. The molecule has 4 nitrogen and oxygen atoms in total. The molecule has 5 heteroatoms. The summed E-state index contributed by atoms with van der Waals surface area (Å²) in [6, 6.07) is 8.15. The van der Waals surface area contributed by atoms with Crippen LogP contribution >= 0.6 is 12.2 Å². The van der Waals surface area contributed by atoms with Crippen molar-refractivity contribution in [1.29, 1.82) is 0 Å². The maximum Gasteiger partial charge on any atom is 0.138 e. The average molecular weight is 294 g/mol. The van der Waals surface area contributed by atoms with Gasteiger partial charge in [0.1, 0.15) is 5.82 Å². The summed E-state index contributed by atoms with van der Waals surface area (Å²) in [6.45, 7) is 2.16. The number of anilines is 1. The predicted molar refractivity (Wildman–Crippen MR) is 88.6 cm³/mol. The van der Waals surface area contributed by atoms with Crippen LogP contribution in [0.1, 0.15) is 24.8 Å². The molecule has 0 saturated heterocycles. The Kier molecular flexibility index (Phi) is 2.75. The lowest BCUT2D eigenvalue weighted by atomic mass is 9.98. The number of aromatic nitrogens is 3. The maximum absolute atomic E-state index is 5.41. The van der Waals surface area contributed by atoms with E-state index in [0.717, 1.165) is 39.5 Å². The van der Waals surface area contributed by atoms with Gasteiger partial charge < -0.3 is 10.3 Å². The van der Waals surface area contributed by atoms with Crippen LogP contribution in [0.4, 0.5) is 5.69 Å². The molecule has 0 spiro atoms. The molecule has 1 aliphatic rings. The van der Waals surface area contributed by atoms with Crippen molar-refractivity contribution in [1.82, 2.24) is 15.0 Å². The normalized spacial score (nSPS) is 17.0. The van der Waals surface area contributed by atoms with Gasteiger partial charge in [0.2, 0.25) is 0 Å². The molecule has 21 heavy (non-hydrogen) atoms. The molecular formula is C16H14N4S. The first-order valence-corrected chi connectivity index (χ1v) is 7.42. The van der Waals surface area contributed by atoms with Gasteiger partial charge in [-0.2, -0.15) is 0 Å². The number of rotatable bonds is 2. The Bertz CT molecular complexity index is 838. The van der Waals surface area contributed by atoms with Crippen molar-refractivity contribution in [2.24, 2.45) is 0 Å². The van der Waals surface area contributed by atoms with Crippen molar-refractivity contribution in [3.63, 3.8) is 0 Å². The van der Waals surface area contributed by atoms with Crippen LogP contribution in [0.25, 0.3) is 22.4 Å². The highest BCUT2D eigenvalue weighted by molar-refractivity contribution is 7.80. The van der Waals surface area contributed by atoms with Gasteiger partial charge in [-0.25, -0.2) is 4.98 Å². The van der Waals surface area contributed by atoms with Crippen LogP contribution in [0, 0.1) is 0 Å². The van der Waals surface area contributed by atoms with Crippen LogP contribution in [0.3, 0.4) is 0 Å². The Labute approximate surface area is 127 Å². The molecule has 0 aliphatic carbocycles. The SMILES string of the molecule is CCC1C(=S)Nc2cc3[nH]c(-c4ccncc4)nc3cc21. The third kappa shape index (κ3) is 1.93. The van der Waals surface area contributed by atoms with E-state index in [1.54, 1.807) is 12.4 Å². The minimum atomic E-state index is 0.306. The van der Waals surface area contributed by atoms with Crippen molar-refractivity contribution in [3.8, 4) is 11.4 Å². The van der Waals surface area contributed by atoms with Gasteiger partial charge in [-0.3, -0.25) is 4.98 Å². The van der Waals surface area contributed by atoms with Crippen LogP contribution in [0.2, 0.25) is 0 Å². The summed E-state index contributed by atoms with van der Waals surface area (Å²) >= 11 is 5.41. The topological polar surface area (TPSA) is 53.6 Å². The van der Waals surface area contributed by atoms with Crippen molar-refractivity contribution < 1.29 is 0 Å². The van der Waals surface area contributed by atoms with E-state index >= 15 is 0 Å². The minimum absolute atomic E-state index is 0.306. The number of H-pyrrole nitrogens is 1. The van der Waals surface area contributed by atoms with Crippen molar-refractivity contribution in [2.75, 3.05) is 5.32 Å². The maximum atomic E-state index is 5.41. The Balaban J connectivity index is 1.86. The lowest BCUT2D eigenvalue weighted by Crippen LogP contribution is -2.07. The second-order valence-corrected chi connectivity index (χ2v) is 5.67. The first-order valence-electron chi connectivity index (χ1n) is 7.01. The van der Waals surface area contributed by atoms with Gasteiger partial charge >= 0.3 is 0 Å². The number of imidazole rings is 1. The molecule has 1 aliphatic heterocycles. The minimum Gasteiger partial charge on any atom is -0.349 e. The largest absolute Gasteiger partial charge is 0.349 e. The van der Waals surface area contributed by atoms with E-state index in [4.69, 9.17) is 17.2 Å². The predicted octanol–water partition coefficient (Wildman–Crippen LogP) is 3.87. The second kappa shape index (κ2) is 4.63. The molecule has 1 unspecified atom stereocenters. The third-order valence-corrected chi connectivity index (χ3v) is 4.35. The molecule has 0 radical (unpaired) electrons. The summed E-state index contributed by atoms with van der Waals surface area (Å²) < 4.78 is 0. The van der Waals surface area contributed by atoms with Crippen LogP contribution in [-0.2, 0) is 0 Å². The molecule has 1 aromatic carbocycles. The molecule has 4 rings (SSSR count). The molecule has 104 valence electrons. The highest BCUT2D eigenvalue weighted by Crippen LogP contribution is 2.38. The number of benzene rings is 1. The molecule has 0 amide bonds. The van der Waals surface area contributed by atoms with Crippen LogP contribution < -0.4 is 5.32 Å². The standard InChI is InChI=1S/C16H14N4S/c1-2-10-11-7-13-14(8-12(11)20-16(10)21)19-15(18-13)9-3-5-17-6-4-9/h3-8,10H,2H2,1H3,(H,18,19)(H,20,21). The quantitative estimate of drug-likeness (QED) is 0.704. The molecular weight excluding hydrogens is 280 g/mol. The zero-order chi connectivity index (χ0) is 14.4. The summed E-state index contributed by atoms with van der Waals surface area (Å²) in [5.41, 5.74) is 5.39. The lowest BCUT2D eigenvalue weighted by Gasteiger charge is -2.05. The molecule has 0 fully saturated rings. The summed E-state index contributed by atoms with van der Waals surface area (Å²) in [5, 5.41) is 3.31. The monoisotopic (exact) mass is 294 g/mol. The summed E-state index contributed by atoms with van der Waals surface area (Å²) in [6.07, 6.45) is 4.55. The first-order chi connectivity index (χ1) is 10.3. The fourth-order valence-electron chi connectivity index (χ4n) is 2.88. The highest BCUT2D eigenvalue weighted by atomic mass is 32.1. The van der Waals surface area contributed by atoms with Crippen LogP contribution in [-0.4, -0.2) is 19.9 Å². The zero-order valence-corrected chi connectivity index (χ0v) is 12.4. The van der Waals surface area contributed by atoms with Crippen molar-refractivity contribution in [2.45, 2.75) is 19.3 Å². The van der Waals surface area contributed by atoms with E-state index in [-0.39, 0.29) is 0 Å². The molecule has 0 saturated carbocycles. The number of thiocarbonyl (C=S) groups is 1. The number of hydrogen-bond acceptors (Lipinski definition) is 3. The third-order valence-electron chi connectivity index (χ3n) is 3.96. The van der Waals surface area contributed by atoms with Gasteiger partial charge in [-0.1, -0.05) is 19.1 Å². The number of pyridine rings is 1. The van der Waals surface area contributed by atoms with Gasteiger partial charge in [0.25, 0.3) is 0 Å². The number of nitrogens with one attached hydrogen (secondary N) is 2. The Morgan fingerprint density at radius 3 is 2.81 bits per heavy atom. The molecule has 3 heterocycles. The van der Waals surface area contributed by atoms with E-state index in [0.29, 0.717) is 5.92 Å². The van der Waals surface area contributed by atoms with Gasteiger partial charge in [0.05, 0.1) is 16.0 Å². The van der Waals surface area contributed by atoms with Crippen LogP contribution in [0.15, 0.2) is 36.7 Å². The highest BCUT2D eigenvalue weighted by Gasteiger charge is 2.26. The number of aromatic amines is 1. The van der Waals surface area contributed by atoms with E-state index < -0.39 is 0 Å². The zero-order valence-electron chi connectivity index (χ0n) is 11.6. The summed E-state index contributed by atoms with van der Waals surface area (Å²) in [5.74, 6) is 1.17. The smallest absolute Gasteiger partial charge is 0.138 e. The second-order valence-electron chi connectivity index (χ2n) is 5.23. The Morgan fingerprint density at radius 2 is 2.05 bits per heavy atom. The van der Waals surface area contributed by atoms with E-state index in [1.807, 2.05) is 12.1 Å². The molecule has 0 bridgehead atoms.